The second kappa shape index (κ2) is 11.3. The van der Waals surface area contributed by atoms with Gasteiger partial charge in [-0.25, -0.2) is 0 Å². The number of carbonyl (C=O) groups excluding carboxylic acids is 3. The van der Waals surface area contributed by atoms with Gasteiger partial charge in [-0.2, -0.15) is 0 Å². The number of hydrogen-bond acceptors (Lipinski definition) is 6. The van der Waals surface area contributed by atoms with E-state index in [-0.39, 0.29) is 29.9 Å². The summed E-state index contributed by atoms with van der Waals surface area (Å²) in [6.07, 6.45) is 6.20. The molecule has 3 heterocycles. The van der Waals surface area contributed by atoms with Crippen molar-refractivity contribution in [2.75, 3.05) is 26.3 Å². The van der Waals surface area contributed by atoms with Gasteiger partial charge in [-0.15, -0.1) is 0 Å². The Labute approximate surface area is 198 Å². The van der Waals surface area contributed by atoms with Gasteiger partial charge in [0.15, 0.2) is 0 Å². The number of esters is 1. The van der Waals surface area contributed by atoms with Gasteiger partial charge in [-0.3, -0.25) is 14.4 Å². The molecule has 0 aromatic carbocycles. The van der Waals surface area contributed by atoms with Crippen LogP contribution in [0.3, 0.4) is 0 Å². The maximum atomic E-state index is 13.6. The third kappa shape index (κ3) is 4.71. The van der Waals surface area contributed by atoms with Gasteiger partial charge < -0.3 is 24.8 Å². The van der Waals surface area contributed by atoms with Crippen LogP contribution in [0.15, 0.2) is 0 Å². The molecule has 0 saturated carbocycles. The molecule has 0 aromatic rings. The van der Waals surface area contributed by atoms with Crippen molar-refractivity contribution in [1.29, 1.82) is 0 Å². The highest BCUT2D eigenvalue weighted by molar-refractivity contribution is 9.09. The minimum atomic E-state index is -1.01. The molecule has 3 aliphatic rings. The molecule has 1 spiro atoms. The number of amides is 2. The Bertz CT molecular complexity index is 691. The van der Waals surface area contributed by atoms with Crippen LogP contribution in [-0.2, 0) is 23.9 Å². The molecule has 9 heteroatoms. The minimum Gasteiger partial charge on any atom is -0.466 e. The Morgan fingerprint density at radius 1 is 1.22 bits per heavy atom. The molecular formula is C23H37BrN2O6. The number of nitrogens with zero attached hydrogens (tertiary/aromatic N) is 1. The Morgan fingerprint density at radius 2 is 1.97 bits per heavy atom. The lowest BCUT2D eigenvalue weighted by molar-refractivity contribution is -0.154. The average Bonchev–Trinajstić information content (AvgIpc) is 3.35. The van der Waals surface area contributed by atoms with E-state index in [1.165, 1.54) is 0 Å². The summed E-state index contributed by atoms with van der Waals surface area (Å²) in [4.78, 5) is 41.3. The van der Waals surface area contributed by atoms with Crippen LogP contribution in [0.1, 0.15) is 65.2 Å². The number of alkyl halides is 1. The summed E-state index contributed by atoms with van der Waals surface area (Å²) in [5.74, 6) is -2.19. The van der Waals surface area contributed by atoms with Crippen LogP contribution >= 0.6 is 15.9 Å². The molecule has 182 valence electrons. The minimum absolute atomic E-state index is 0.110. The van der Waals surface area contributed by atoms with Gasteiger partial charge in [0.25, 0.3) is 0 Å². The first-order valence-electron chi connectivity index (χ1n) is 12.1. The predicted molar refractivity (Wildman–Crippen MR) is 122 cm³/mol. The smallest absolute Gasteiger partial charge is 0.312 e. The predicted octanol–water partition coefficient (Wildman–Crippen LogP) is 2.16. The molecule has 6 atom stereocenters. The number of hydrogen-bond donors (Lipinski definition) is 2. The van der Waals surface area contributed by atoms with Crippen molar-refractivity contribution in [1.82, 2.24) is 10.2 Å². The Kier molecular flexibility index (Phi) is 8.97. The van der Waals surface area contributed by atoms with E-state index in [4.69, 9.17) is 14.6 Å². The van der Waals surface area contributed by atoms with Crippen LogP contribution in [0.4, 0.5) is 0 Å². The summed E-state index contributed by atoms with van der Waals surface area (Å²) in [6, 6.07) is -0.746. The number of carbonyl (C=O) groups is 3. The van der Waals surface area contributed by atoms with Gasteiger partial charge in [0.1, 0.15) is 11.6 Å². The largest absolute Gasteiger partial charge is 0.466 e. The first kappa shape index (κ1) is 25.4. The molecule has 32 heavy (non-hydrogen) atoms. The quantitative estimate of drug-likeness (QED) is 0.221. The first-order valence-corrected chi connectivity index (χ1v) is 13.0. The zero-order valence-electron chi connectivity index (χ0n) is 19.2. The summed E-state index contributed by atoms with van der Waals surface area (Å²) in [5, 5.41) is 12.0. The monoisotopic (exact) mass is 516 g/mol. The third-order valence-corrected chi connectivity index (χ3v) is 7.83. The molecule has 0 radical (unpaired) electrons. The molecule has 2 bridgehead atoms. The fourth-order valence-electron chi connectivity index (χ4n) is 5.61. The molecule has 0 aliphatic carbocycles. The maximum absolute atomic E-state index is 13.6. The van der Waals surface area contributed by atoms with Crippen molar-refractivity contribution in [2.45, 2.75) is 87.8 Å². The summed E-state index contributed by atoms with van der Waals surface area (Å²) < 4.78 is 11.7. The Balaban J connectivity index is 1.83. The summed E-state index contributed by atoms with van der Waals surface area (Å²) in [5.41, 5.74) is -1.01. The molecule has 3 rings (SSSR count). The number of ether oxygens (including phenoxy) is 2. The van der Waals surface area contributed by atoms with E-state index < -0.39 is 35.6 Å². The Hall–Kier alpha value is -1.19. The lowest BCUT2D eigenvalue weighted by Crippen LogP contribution is -2.56. The molecular weight excluding hydrogens is 480 g/mol. The van der Waals surface area contributed by atoms with Crippen LogP contribution in [0.5, 0.6) is 0 Å². The van der Waals surface area contributed by atoms with Gasteiger partial charge in [-0.05, 0) is 32.6 Å². The van der Waals surface area contributed by atoms with E-state index in [0.717, 1.165) is 44.9 Å². The second-order valence-corrected chi connectivity index (χ2v) is 10.3. The first-order chi connectivity index (χ1) is 15.4. The fourth-order valence-corrected chi connectivity index (χ4v) is 6.55. The topological polar surface area (TPSA) is 105 Å². The van der Waals surface area contributed by atoms with Gasteiger partial charge in [-0.1, -0.05) is 48.5 Å². The van der Waals surface area contributed by atoms with Crippen LogP contribution in [0, 0.1) is 11.8 Å². The number of rotatable bonds is 13. The van der Waals surface area contributed by atoms with E-state index in [9.17, 15) is 14.4 Å². The van der Waals surface area contributed by atoms with Crippen molar-refractivity contribution < 1.29 is 29.0 Å². The van der Waals surface area contributed by atoms with Crippen LogP contribution in [0.2, 0.25) is 0 Å². The van der Waals surface area contributed by atoms with E-state index >= 15 is 0 Å². The number of halogens is 1. The van der Waals surface area contributed by atoms with Gasteiger partial charge in [0.05, 0.1) is 24.5 Å². The molecule has 3 fully saturated rings. The van der Waals surface area contributed by atoms with Crippen molar-refractivity contribution >= 4 is 33.7 Å². The molecule has 2 amide bonds. The van der Waals surface area contributed by atoms with Gasteiger partial charge in [0.2, 0.25) is 11.8 Å². The van der Waals surface area contributed by atoms with Crippen molar-refractivity contribution in [2.24, 2.45) is 11.8 Å². The number of aliphatic hydroxyl groups excluding tert-OH is 1. The highest BCUT2D eigenvalue weighted by Crippen LogP contribution is 2.60. The SMILES string of the molecule is CCCCCNC(=O)[C@H]1N(CCCCCCO)C(=O)[C@@H]2[C@@H](C(=O)OCC)[C@@H]3O[C@@]21CC3Br. The zero-order valence-corrected chi connectivity index (χ0v) is 20.8. The molecule has 1 unspecified atom stereocenters. The standard InChI is InChI=1S/C23H37BrN2O6/c1-3-5-8-11-25-20(28)19-23-14-15(24)18(32-23)16(22(30)31-4-2)17(23)21(29)26(19)12-9-6-7-10-13-27/h15-19,27H,3-14H2,1-2H3,(H,25,28)/t15?,16-,17+,18-,19-,23+/m1/s1. The van der Waals surface area contributed by atoms with E-state index in [2.05, 4.69) is 28.2 Å². The van der Waals surface area contributed by atoms with Crippen LogP contribution in [-0.4, -0.2) is 76.7 Å². The van der Waals surface area contributed by atoms with Gasteiger partial charge in [0, 0.05) is 24.5 Å². The van der Waals surface area contributed by atoms with Crippen molar-refractivity contribution in [3.63, 3.8) is 0 Å². The lowest BCUT2D eigenvalue weighted by Gasteiger charge is -2.34. The van der Waals surface area contributed by atoms with E-state index in [1.807, 2.05) is 0 Å². The zero-order chi connectivity index (χ0) is 23.3. The van der Waals surface area contributed by atoms with Gasteiger partial charge >= 0.3 is 5.97 Å². The highest BCUT2D eigenvalue weighted by Gasteiger charge is 2.76. The van der Waals surface area contributed by atoms with Crippen LogP contribution < -0.4 is 5.32 Å². The number of nitrogens with one attached hydrogen (secondary N) is 1. The maximum Gasteiger partial charge on any atom is 0.312 e. The fraction of sp³-hybridized carbons (Fsp3) is 0.870. The molecule has 2 N–H and O–H groups in total. The van der Waals surface area contributed by atoms with Crippen molar-refractivity contribution in [3.8, 4) is 0 Å². The summed E-state index contributed by atoms with van der Waals surface area (Å²) in [6.45, 7) is 5.24. The molecule has 8 nitrogen and oxygen atoms in total. The highest BCUT2D eigenvalue weighted by atomic mass is 79.9. The number of likely N-dealkylation sites (tertiary alicyclic amines) is 1. The summed E-state index contributed by atoms with van der Waals surface area (Å²) >= 11 is 3.64. The molecule has 0 aromatic heterocycles. The third-order valence-electron chi connectivity index (χ3n) is 6.98. The lowest BCUT2D eigenvalue weighted by atomic mass is 9.70. The summed E-state index contributed by atoms with van der Waals surface area (Å²) in [7, 11) is 0. The van der Waals surface area contributed by atoms with Crippen molar-refractivity contribution in [3.05, 3.63) is 0 Å². The second-order valence-electron chi connectivity index (χ2n) is 9.08. The molecule has 3 saturated heterocycles. The molecule has 3 aliphatic heterocycles. The van der Waals surface area contributed by atoms with Crippen LogP contribution in [0.25, 0.3) is 0 Å². The Morgan fingerprint density at radius 3 is 2.66 bits per heavy atom. The number of unbranched alkanes of at least 4 members (excludes halogenated alkanes) is 5. The number of aliphatic hydroxyl groups is 1. The normalized spacial score (nSPS) is 32.9. The number of fused-ring (bicyclic) bond motifs is 1. The van der Waals surface area contributed by atoms with E-state index in [0.29, 0.717) is 19.5 Å². The average molecular weight is 517 g/mol. The van der Waals surface area contributed by atoms with E-state index in [1.54, 1.807) is 11.8 Å².